The minimum absolute atomic E-state index is 0.198. The fourth-order valence-corrected chi connectivity index (χ4v) is 3.08. The third-order valence-corrected chi connectivity index (χ3v) is 4.05. The first kappa shape index (κ1) is 16.5. The Morgan fingerprint density at radius 1 is 1.36 bits per heavy atom. The molecular weight excluding hydrogens is 326 g/mol. The van der Waals surface area contributed by atoms with E-state index in [1.165, 1.54) is 17.6 Å². The van der Waals surface area contributed by atoms with Crippen molar-refractivity contribution in [2.24, 2.45) is 0 Å². The van der Waals surface area contributed by atoms with Crippen LogP contribution in [-0.2, 0) is 17.9 Å². The summed E-state index contributed by atoms with van der Waals surface area (Å²) in [5, 5.41) is 4.84. The van der Waals surface area contributed by atoms with Crippen molar-refractivity contribution < 1.29 is 18.9 Å². The number of quaternary nitrogens is 1. The summed E-state index contributed by atoms with van der Waals surface area (Å²) >= 11 is 7.35. The Bertz CT molecular complexity index is 627. The Balaban J connectivity index is 1.69. The first-order valence-electron chi connectivity index (χ1n) is 6.68. The average Bonchev–Trinajstić information content (AvgIpc) is 3.07. The monoisotopic (exact) mass is 342 g/mol. The van der Waals surface area contributed by atoms with Crippen LogP contribution in [0.1, 0.15) is 10.6 Å². The van der Waals surface area contributed by atoms with E-state index in [4.69, 9.17) is 16.0 Å². The Morgan fingerprint density at radius 3 is 2.82 bits per heavy atom. The third kappa shape index (κ3) is 5.51. The normalized spacial score (nSPS) is 11.9. The zero-order valence-electron chi connectivity index (χ0n) is 12.0. The Morgan fingerprint density at radius 2 is 2.18 bits per heavy atom. The number of imide groups is 1. The number of likely N-dealkylation sites (N-methyl/N-ethyl adjacent to an activating group) is 1. The van der Waals surface area contributed by atoms with E-state index < -0.39 is 6.03 Å². The Hall–Kier alpha value is -1.83. The summed E-state index contributed by atoms with van der Waals surface area (Å²) in [5.41, 5.74) is 0. The molecule has 8 heteroatoms. The van der Waals surface area contributed by atoms with Gasteiger partial charge in [0.15, 0.2) is 6.54 Å². The van der Waals surface area contributed by atoms with Crippen molar-refractivity contribution >= 4 is 34.9 Å². The van der Waals surface area contributed by atoms with E-state index in [-0.39, 0.29) is 19.0 Å². The highest BCUT2D eigenvalue weighted by Gasteiger charge is 2.14. The van der Waals surface area contributed by atoms with Gasteiger partial charge in [-0.2, -0.15) is 0 Å². The number of hydrogen-bond acceptors (Lipinski definition) is 4. The molecule has 0 radical (unpaired) electrons. The standard InChI is InChI=1S/C14H16ClN3O3S/c1-18(8-11-4-5-12(15)22-11)9-13(19)17-14(20)16-7-10-3-2-6-21-10/h2-6H,7-9H2,1H3,(H2,16,17,19,20)/p+1. The summed E-state index contributed by atoms with van der Waals surface area (Å²) in [4.78, 5) is 25.4. The third-order valence-electron chi connectivity index (χ3n) is 2.82. The van der Waals surface area contributed by atoms with E-state index in [0.29, 0.717) is 12.3 Å². The molecule has 2 aromatic rings. The molecule has 0 aliphatic rings. The van der Waals surface area contributed by atoms with Gasteiger partial charge >= 0.3 is 6.03 Å². The molecule has 0 saturated heterocycles. The van der Waals surface area contributed by atoms with Gasteiger partial charge in [-0.1, -0.05) is 11.6 Å². The molecule has 2 aromatic heterocycles. The van der Waals surface area contributed by atoms with Crippen LogP contribution in [-0.4, -0.2) is 25.5 Å². The second-order valence-electron chi connectivity index (χ2n) is 4.83. The van der Waals surface area contributed by atoms with Gasteiger partial charge in [-0.05, 0) is 24.3 Å². The lowest BCUT2D eigenvalue weighted by molar-refractivity contribution is -0.885. The van der Waals surface area contributed by atoms with Gasteiger partial charge in [0, 0.05) is 0 Å². The summed E-state index contributed by atoms with van der Waals surface area (Å²) in [6.07, 6.45) is 1.52. The van der Waals surface area contributed by atoms with Crippen LogP contribution in [0, 0.1) is 0 Å². The molecule has 1 unspecified atom stereocenters. The number of rotatable bonds is 6. The number of halogens is 1. The van der Waals surface area contributed by atoms with Gasteiger partial charge in [-0.3, -0.25) is 10.1 Å². The first-order chi connectivity index (χ1) is 10.5. The summed E-state index contributed by atoms with van der Waals surface area (Å²) in [5.74, 6) is 0.289. The summed E-state index contributed by atoms with van der Waals surface area (Å²) < 4.78 is 5.81. The average molecular weight is 343 g/mol. The SMILES string of the molecule is C[NH+](CC(=O)NC(=O)NCc1ccco1)Cc1ccc(Cl)s1. The lowest BCUT2D eigenvalue weighted by Gasteiger charge is -2.12. The molecular formula is C14H17ClN3O3S+. The molecule has 0 aliphatic carbocycles. The van der Waals surface area contributed by atoms with Gasteiger partial charge in [0.05, 0.1) is 29.1 Å². The zero-order chi connectivity index (χ0) is 15.9. The number of thiophene rings is 1. The molecule has 0 aliphatic heterocycles. The number of carbonyl (C=O) groups is 2. The minimum Gasteiger partial charge on any atom is -0.467 e. The maximum absolute atomic E-state index is 11.8. The first-order valence-corrected chi connectivity index (χ1v) is 7.88. The van der Waals surface area contributed by atoms with Crippen molar-refractivity contribution in [3.05, 3.63) is 45.5 Å². The molecule has 2 heterocycles. The van der Waals surface area contributed by atoms with Crippen molar-refractivity contribution in [2.45, 2.75) is 13.1 Å². The highest BCUT2D eigenvalue weighted by molar-refractivity contribution is 7.16. The zero-order valence-corrected chi connectivity index (χ0v) is 13.6. The smallest absolute Gasteiger partial charge is 0.321 e. The molecule has 0 spiro atoms. The molecule has 22 heavy (non-hydrogen) atoms. The molecule has 6 nitrogen and oxygen atoms in total. The van der Waals surface area contributed by atoms with Crippen molar-refractivity contribution in [2.75, 3.05) is 13.6 Å². The molecule has 2 rings (SSSR count). The van der Waals surface area contributed by atoms with E-state index in [9.17, 15) is 9.59 Å². The highest BCUT2D eigenvalue weighted by Crippen LogP contribution is 2.20. The van der Waals surface area contributed by atoms with E-state index in [1.807, 2.05) is 19.2 Å². The van der Waals surface area contributed by atoms with Crippen LogP contribution >= 0.6 is 22.9 Å². The fraction of sp³-hybridized carbons (Fsp3) is 0.286. The number of nitrogens with one attached hydrogen (secondary N) is 3. The van der Waals surface area contributed by atoms with Crippen molar-refractivity contribution in [1.82, 2.24) is 10.6 Å². The number of furan rings is 1. The number of urea groups is 1. The van der Waals surface area contributed by atoms with Crippen molar-refractivity contribution in [3.8, 4) is 0 Å². The lowest BCUT2D eigenvalue weighted by Crippen LogP contribution is -3.08. The molecule has 1 atom stereocenters. The van der Waals surface area contributed by atoms with Crippen molar-refractivity contribution in [1.29, 1.82) is 0 Å². The van der Waals surface area contributed by atoms with E-state index >= 15 is 0 Å². The van der Waals surface area contributed by atoms with Crippen LogP contribution in [0.3, 0.4) is 0 Å². The molecule has 0 fully saturated rings. The van der Waals surface area contributed by atoms with Gasteiger partial charge in [-0.25, -0.2) is 4.79 Å². The van der Waals surface area contributed by atoms with Crippen LogP contribution in [0.25, 0.3) is 0 Å². The summed E-state index contributed by atoms with van der Waals surface area (Å²) in [6, 6.07) is 6.71. The minimum atomic E-state index is -0.534. The maximum Gasteiger partial charge on any atom is 0.321 e. The highest BCUT2D eigenvalue weighted by atomic mass is 35.5. The van der Waals surface area contributed by atoms with E-state index in [0.717, 1.165) is 14.1 Å². The molecule has 118 valence electrons. The molecule has 0 bridgehead atoms. The topological polar surface area (TPSA) is 75.8 Å². The van der Waals surface area contributed by atoms with Crippen LogP contribution < -0.4 is 15.5 Å². The van der Waals surface area contributed by atoms with E-state index in [1.54, 1.807) is 12.1 Å². The van der Waals surface area contributed by atoms with Crippen LogP contribution in [0.5, 0.6) is 0 Å². The van der Waals surface area contributed by atoms with Gasteiger partial charge in [0.1, 0.15) is 12.3 Å². The number of hydrogen-bond donors (Lipinski definition) is 3. The summed E-state index contributed by atoms with van der Waals surface area (Å²) in [7, 11) is 1.88. The molecule has 0 aromatic carbocycles. The quantitative estimate of drug-likeness (QED) is 0.734. The van der Waals surface area contributed by atoms with Crippen LogP contribution in [0.15, 0.2) is 34.9 Å². The van der Waals surface area contributed by atoms with E-state index in [2.05, 4.69) is 10.6 Å². The Labute approximate surface area is 137 Å². The Kier molecular flexibility index (Phi) is 6.00. The molecule has 0 saturated carbocycles. The predicted molar refractivity (Wildman–Crippen MR) is 83.9 cm³/mol. The van der Waals surface area contributed by atoms with Gasteiger partial charge < -0.3 is 14.6 Å². The number of carbonyl (C=O) groups excluding carboxylic acids is 2. The second-order valence-corrected chi connectivity index (χ2v) is 6.63. The summed E-state index contributed by atoms with van der Waals surface area (Å²) in [6.45, 7) is 1.12. The van der Waals surface area contributed by atoms with Gasteiger partial charge in [0.25, 0.3) is 5.91 Å². The predicted octanol–water partition coefficient (Wildman–Crippen LogP) is 1.04. The maximum atomic E-state index is 11.8. The second kappa shape index (κ2) is 7.98. The van der Waals surface area contributed by atoms with Gasteiger partial charge in [-0.15, -0.1) is 11.3 Å². The van der Waals surface area contributed by atoms with Gasteiger partial charge in [0.2, 0.25) is 0 Å². The number of amides is 3. The fourth-order valence-electron chi connectivity index (χ4n) is 1.88. The largest absolute Gasteiger partial charge is 0.467 e. The van der Waals surface area contributed by atoms with Crippen molar-refractivity contribution in [3.63, 3.8) is 0 Å². The molecule has 3 N–H and O–H groups in total. The van der Waals surface area contributed by atoms with Crippen LogP contribution in [0.4, 0.5) is 4.79 Å². The lowest BCUT2D eigenvalue weighted by atomic mass is 10.4. The molecule has 3 amide bonds. The van der Waals surface area contributed by atoms with Crippen LogP contribution in [0.2, 0.25) is 4.34 Å².